The van der Waals surface area contributed by atoms with Crippen LogP contribution >= 0.6 is 0 Å². The van der Waals surface area contributed by atoms with Crippen LogP contribution in [0, 0.1) is 5.82 Å². The molecule has 9 heteroatoms. The Morgan fingerprint density at radius 1 is 1.17 bits per heavy atom. The van der Waals surface area contributed by atoms with Gasteiger partial charge in [0, 0.05) is 26.1 Å². The molecule has 1 heterocycles. The zero-order valence-electron chi connectivity index (χ0n) is 16.7. The normalized spacial score (nSPS) is 14.1. The van der Waals surface area contributed by atoms with E-state index in [0.717, 1.165) is 40.7 Å². The number of benzene rings is 2. The lowest BCUT2D eigenvalue weighted by Crippen LogP contribution is -2.40. The van der Waals surface area contributed by atoms with Crippen molar-refractivity contribution in [2.45, 2.75) is 25.9 Å². The first-order valence-electron chi connectivity index (χ1n) is 9.58. The molecule has 0 bridgehead atoms. The fourth-order valence-corrected chi connectivity index (χ4v) is 4.12. The molecule has 1 fully saturated rings. The van der Waals surface area contributed by atoms with E-state index in [1.54, 1.807) is 0 Å². The maximum atomic E-state index is 13.5. The zero-order valence-corrected chi connectivity index (χ0v) is 17.5. The van der Waals surface area contributed by atoms with Gasteiger partial charge in [-0.1, -0.05) is 30.3 Å². The van der Waals surface area contributed by atoms with E-state index < -0.39 is 28.3 Å². The molecule has 0 saturated carbocycles. The number of rotatable bonds is 8. The van der Waals surface area contributed by atoms with E-state index in [4.69, 9.17) is 0 Å². The Morgan fingerprint density at radius 2 is 1.87 bits per heavy atom. The van der Waals surface area contributed by atoms with Crippen LogP contribution in [0.1, 0.15) is 24.0 Å². The average Bonchev–Trinajstić information content (AvgIpc) is 3.09. The predicted molar refractivity (Wildman–Crippen MR) is 112 cm³/mol. The molecule has 0 aromatic heterocycles. The number of halogens is 1. The van der Waals surface area contributed by atoms with Gasteiger partial charge in [-0.2, -0.15) is 0 Å². The van der Waals surface area contributed by atoms with Crippen molar-refractivity contribution in [1.82, 2.24) is 10.2 Å². The molecule has 1 N–H and O–H groups in total. The van der Waals surface area contributed by atoms with E-state index in [0.29, 0.717) is 13.0 Å². The lowest BCUT2D eigenvalue weighted by atomic mass is 10.1. The van der Waals surface area contributed by atoms with Crippen LogP contribution in [0.2, 0.25) is 0 Å². The molecule has 0 spiro atoms. The summed E-state index contributed by atoms with van der Waals surface area (Å²) in [7, 11) is -3.76. The highest BCUT2D eigenvalue weighted by atomic mass is 32.2. The highest BCUT2D eigenvalue weighted by Crippen LogP contribution is 2.18. The molecular formula is C21H24FN3O4S. The van der Waals surface area contributed by atoms with Gasteiger partial charge in [0.05, 0.1) is 11.9 Å². The van der Waals surface area contributed by atoms with Gasteiger partial charge in [-0.3, -0.25) is 13.9 Å². The molecule has 160 valence electrons. The highest BCUT2D eigenvalue weighted by molar-refractivity contribution is 7.92. The number of anilines is 1. The number of nitrogens with one attached hydrogen (secondary N) is 1. The predicted octanol–water partition coefficient (Wildman–Crippen LogP) is 2.03. The minimum absolute atomic E-state index is 0.0912. The number of likely N-dealkylation sites (tertiary alicyclic amines) is 1. The average molecular weight is 434 g/mol. The summed E-state index contributed by atoms with van der Waals surface area (Å²) in [5.41, 5.74) is 1.94. The number of hydrogen-bond acceptors (Lipinski definition) is 4. The molecule has 1 aliphatic heterocycles. The molecule has 2 aromatic rings. The van der Waals surface area contributed by atoms with E-state index in [9.17, 15) is 22.4 Å². The van der Waals surface area contributed by atoms with Crippen molar-refractivity contribution in [3.63, 3.8) is 0 Å². The quantitative estimate of drug-likeness (QED) is 0.690. The lowest BCUT2D eigenvalue weighted by Gasteiger charge is -2.22. The fourth-order valence-electron chi connectivity index (χ4n) is 3.27. The third-order valence-corrected chi connectivity index (χ3v) is 5.98. The van der Waals surface area contributed by atoms with Crippen molar-refractivity contribution >= 4 is 27.5 Å². The first-order valence-corrected chi connectivity index (χ1v) is 11.4. The van der Waals surface area contributed by atoms with Crippen molar-refractivity contribution in [2.24, 2.45) is 0 Å². The topological polar surface area (TPSA) is 86.8 Å². The number of hydrogen-bond donors (Lipinski definition) is 1. The maximum absolute atomic E-state index is 13.5. The Hall–Kier alpha value is -2.94. The molecule has 0 aliphatic carbocycles. The molecule has 1 saturated heterocycles. The smallest absolute Gasteiger partial charge is 0.241 e. The van der Waals surface area contributed by atoms with Crippen LogP contribution in [0.4, 0.5) is 10.1 Å². The summed E-state index contributed by atoms with van der Waals surface area (Å²) in [5.74, 6) is -0.922. The second-order valence-corrected chi connectivity index (χ2v) is 9.17. The fraction of sp³-hybridized carbons (Fsp3) is 0.333. The minimum Gasteiger partial charge on any atom is -0.350 e. The largest absolute Gasteiger partial charge is 0.350 e. The van der Waals surface area contributed by atoms with Crippen LogP contribution in [-0.4, -0.2) is 44.5 Å². The van der Waals surface area contributed by atoms with Crippen LogP contribution in [0.25, 0.3) is 0 Å². The Labute approximate surface area is 175 Å². The third-order valence-electron chi connectivity index (χ3n) is 4.84. The van der Waals surface area contributed by atoms with Crippen LogP contribution in [0.5, 0.6) is 0 Å². The van der Waals surface area contributed by atoms with E-state index >= 15 is 0 Å². The van der Waals surface area contributed by atoms with E-state index in [-0.39, 0.29) is 18.1 Å². The number of sulfonamides is 1. The molecular weight excluding hydrogens is 409 g/mol. The van der Waals surface area contributed by atoms with Gasteiger partial charge in [0.1, 0.15) is 12.4 Å². The first-order chi connectivity index (χ1) is 14.2. The van der Waals surface area contributed by atoms with E-state index in [1.807, 2.05) is 29.2 Å². The van der Waals surface area contributed by atoms with Crippen molar-refractivity contribution in [3.8, 4) is 0 Å². The van der Waals surface area contributed by atoms with E-state index in [2.05, 4.69) is 5.32 Å². The van der Waals surface area contributed by atoms with Gasteiger partial charge in [-0.15, -0.1) is 0 Å². The Bertz CT molecular complexity index is 1020. The minimum atomic E-state index is -3.76. The molecule has 2 aromatic carbocycles. The summed E-state index contributed by atoms with van der Waals surface area (Å²) in [5, 5.41) is 2.68. The van der Waals surface area contributed by atoms with Gasteiger partial charge in [-0.25, -0.2) is 12.8 Å². The number of carbonyl (C=O) groups excluding carboxylic acids is 2. The molecule has 2 amide bonds. The first kappa shape index (κ1) is 21.8. The Balaban J connectivity index is 1.57. The summed E-state index contributed by atoms with van der Waals surface area (Å²) in [6.45, 7) is 1.13. The number of carbonyl (C=O) groups is 2. The molecule has 0 radical (unpaired) electrons. The highest BCUT2D eigenvalue weighted by Gasteiger charge is 2.21. The Morgan fingerprint density at radius 3 is 2.47 bits per heavy atom. The number of nitrogens with zero attached hydrogens (tertiary/aromatic N) is 2. The summed E-state index contributed by atoms with van der Waals surface area (Å²) in [6.07, 6.45) is 2.46. The summed E-state index contributed by atoms with van der Waals surface area (Å²) >= 11 is 0. The monoisotopic (exact) mass is 433 g/mol. The van der Waals surface area contributed by atoms with Crippen molar-refractivity contribution in [2.75, 3.05) is 23.7 Å². The van der Waals surface area contributed by atoms with Crippen LogP contribution in [0.3, 0.4) is 0 Å². The maximum Gasteiger partial charge on any atom is 0.241 e. The zero-order chi connectivity index (χ0) is 21.7. The van der Waals surface area contributed by atoms with Crippen LogP contribution < -0.4 is 9.62 Å². The standard InChI is InChI=1S/C21H24FN3O4S/c1-30(28,29)25(19-5-2-4-18(22)12-19)15-20(26)23-13-16-7-9-17(10-8-16)14-24-11-3-6-21(24)27/h2,4-5,7-10,12H,3,6,11,13-15H2,1H3,(H,23,26). The van der Waals surface area contributed by atoms with Gasteiger partial charge in [0.25, 0.3) is 0 Å². The molecule has 7 nitrogen and oxygen atoms in total. The van der Waals surface area contributed by atoms with Crippen LogP contribution in [-0.2, 0) is 32.7 Å². The second kappa shape index (κ2) is 9.25. The molecule has 0 unspecified atom stereocenters. The second-order valence-electron chi connectivity index (χ2n) is 7.26. The van der Waals surface area contributed by atoms with E-state index in [1.165, 1.54) is 18.2 Å². The Kier molecular flexibility index (Phi) is 6.71. The lowest BCUT2D eigenvalue weighted by molar-refractivity contribution is -0.128. The molecule has 30 heavy (non-hydrogen) atoms. The summed E-state index contributed by atoms with van der Waals surface area (Å²) < 4.78 is 38.4. The summed E-state index contributed by atoms with van der Waals surface area (Å²) in [4.78, 5) is 25.8. The molecule has 0 atom stereocenters. The van der Waals surface area contributed by atoms with Gasteiger partial charge >= 0.3 is 0 Å². The molecule has 3 rings (SSSR count). The van der Waals surface area contributed by atoms with Crippen molar-refractivity contribution in [1.29, 1.82) is 0 Å². The number of amides is 2. The summed E-state index contributed by atoms with van der Waals surface area (Å²) in [6, 6.07) is 12.6. The van der Waals surface area contributed by atoms with Crippen molar-refractivity contribution < 1.29 is 22.4 Å². The van der Waals surface area contributed by atoms with Gasteiger partial charge in [0.15, 0.2) is 0 Å². The SMILES string of the molecule is CS(=O)(=O)N(CC(=O)NCc1ccc(CN2CCCC2=O)cc1)c1cccc(F)c1. The van der Waals surface area contributed by atoms with Gasteiger partial charge in [0.2, 0.25) is 21.8 Å². The van der Waals surface area contributed by atoms with Crippen LogP contribution in [0.15, 0.2) is 48.5 Å². The van der Waals surface area contributed by atoms with Gasteiger partial charge in [-0.05, 0) is 35.7 Å². The molecule has 1 aliphatic rings. The van der Waals surface area contributed by atoms with Crippen molar-refractivity contribution in [3.05, 3.63) is 65.5 Å². The third kappa shape index (κ3) is 5.79. The van der Waals surface area contributed by atoms with Gasteiger partial charge < -0.3 is 10.2 Å².